The molecule has 0 fully saturated rings. The molecule has 24 heavy (non-hydrogen) atoms. The van der Waals surface area contributed by atoms with Crippen LogP contribution in [-0.2, 0) is 14.3 Å². The Hall–Kier alpha value is -2.05. The molecule has 0 radical (unpaired) electrons. The van der Waals surface area contributed by atoms with Gasteiger partial charge in [0.25, 0.3) is 10.1 Å². The summed E-state index contributed by atoms with van der Waals surface area (Å²) >= 11 is 0. The highest BCUT2D eigenvalue weighted by Crippen LogP contribution is 2.36. The van der Waals surface area contributed by atoms with E-state index in [1.165, 1.54) is 0 Å². The van der Waals surface area contributed by atoms with Crippen LogP contribution in [0.5, 0.6) is 11.5 Å². The van der Waals surface area contributed by atoms with Crippen molar-refractivity contribution in [2.24, 2.45) is 0 Å². The van der Waals surface area contributed by atoms with Crippen LogP contribution in [-0.4, -0.2) is 27.2 Å². The van der Waals surface area contributed by atoms with Crippen molar-refractivity contribution in [2.45, 2.75) is 30.8 Å². The van der Waals surface area contributed by atoms with Crippen molar-refractivity contribution >= 4 is 10.1 Å². The number of hydrogen-bond acceptors (Lipinski definition) is 5. The summed E-state index contributed by atoms with van der Waals surface area (Å²) in [7, 11) is -3.76. The second-order valence-electron chi connectivity index (χ2n) is 6.13. The zero-order chi connectivity index (χ0) is 17.2. The fourth-order valence-corrected chi connectivity index (χ4v) is 3.35. The first-order valence-corrected chi connectivity index (χ1v) is 9.16. The summed E-state index contributed by atoms with van der Waals surface area (Å²) in [6.45, 7) is 4.15. The predicted octanol–water partition coefficient (Wildman–Crippen LogP) is 3.32. The van der Waals surface area contributed by atoms with Crippen LogP contribution in [0, 0.1) is 6.92 Å². The smallest absolute Gasteiger partial charge is 0.296 e. The summed E-state index contributed by atoms with van der Waals surface area (Å²) in [5.41, 5.74) is 0.366. The molecule has 0 N–H and O–H groups in total. The summed E-state index contributed by atoms with van der Waals surface area (Å²) in [5, 5.41) is 0. The van der Waals surface area contributed by atoms with E-state index in [2.05, 4.69) is 0 Å². The topological polar surface area (TPSA) is 61.8 Å². The number of rotatable bonds is 5. The lowest BCUT2D eigenvalue weighted by Gasteiger charge is -2.35. The van der Waals surface area contributed by atoms with E-state index in [0.29, 0.717) is 24.5 Å². The van der Waals surface area contributed by atoms with Gasteiger partial charge in [-0.25, -0.2) is 0 Å². The maximum Gasteiger partial charge on any atom is 0.296 e. The maximum atomic E-state index is 12.2. The number of aryl methyl sites for hydroxylation is 1. The highest BCUT2D eigenvalue weighted by molar-refractivity contribution is 7.86. The average molecular weight is 348 g/mol. The van der Waals surface area contributed by atoms with E-state index in [4.69, 9.17) is 13.7 Å². The number of benzene rings is 2. The van der Waals surface area contributed by atoms with Gasteiger partial charge in [0.05, 0.1) is 11.5 Å². The van der Waals surface area contributed by atoms with Crippen molar-refractivity contribution in [2.75, 3.05) is 13.2 Å². The second-order valence-corrected chi connectivity index (χ2v) is 7.74. The van der Waals surface area contributed by atoms with Gasteiger partial charge >= 0.3 is 0 Å². The van der Waals surface area contributed by atoms with Crippen molar-refractivity contribution in [1.29, 1.82) is 0 Å². The molecule has 3 rings (SSSR count). The predicted molar refractivity (Wildman–Crippen MR) is 89.9 cm³/mol. The largest absolute Gasteiger partial charge is 0.486 e. The minimum absolute atomic E-state index is 0.0260. The average Bonchev–Trinajstić information content (AvgIpc) is 2.55. The second kappa shape index (κ2) is 6.45. The quantitative estimate of drug-likeness (QED) is 0.776. The van der Waals surface area contributed by atoms with Crippen LogP contribution in [0.3, 0.4) is 0 Å². The summed E-state index contributed by atoms with van der Waals surface area (Å²) in [6.07, 6.45) is 0.395. The highest BCUT2D eigenvalue weighted by atomic mass is 32.2. The third kappa shape index (κ3) is 3.71. The Labute approximate surface area is 142 Å². The van der Waals surface area contributed by atoms with Gasteiger partial charge in [-0.2, -0.15) is 8.42 Å². The molecule has 2 aromatic carbocycles. The van der Waals surface area contributed by atoms with Gasteiger partial charge in [0.1, 0.15) is 12.2 Å². The van der Waals surface area contributed by atoms with Crippen molar-refractivity contribution in [3.8, 4) is 11.5 Å². The fourth-order valence-electron chi connectivity index (χ4n) is 2.44. The number of para-hydroxylation sites is 2. The van der Waals surface area contributed by atoms with Crippen LogP contribution in [0.15, 0.2) is 53.4 Å². The third-order valence-corrected chi connectivity index (χ3v) is 5.24. The molecule has 2 aromatic rings. The Bertz CT molecular complexity index is 814. The Morgan fingerprint density at radius 1 is 1.08 bits per heavy atom. The van der Waals surface area contributed by atoms with Crippen molar-refractivity contribution < 1.29 is 22.1 Å². The molecule has 0 saturated heterocycles. The van der Waals surface area contributed by atoms with Crippen LogP contribution in [0.4, 0.5) is 0 Å². The minimum Gasteiger partial charge on any atom is -0.486 e. The molecule has 1 heterocycles. The Morgan fingerprint density at radius 2 is 1.75 bits per heavy atom. The van der Waals surface area contributed by atoms with E-state index in [0.717, 1.165) is 5.56 Å². The van der Waals surface area contributed by atoms with Gasteiger partial charge in [-0.3, -0.25) is 4.18 Å². The minimum atomic E-state index is -3.76. The lowest BCUT2D eigenvalue weighted by Crippen LogP contribution is -2.43. The maximum absolute atomic E-state index is 12.2. The molecule has 1 unspecified atom stereocenters. The van der Waals surface area contributed by atoms with Gasteiger partial charge in [0.15, 0.2) is 11.5 Å². The number of fused-ring (bicyclic) bond motifs is 1. The first-order valence-electron chi connectivity index (χ1n) is 7.75. The third-order valence-electron chi connectivity index (χ3n) is 3.92. The normalized spacial score (nSPS) is 19.9. The molecule has 0 spiro atoms. The summed E-state index contributed by atoms with van der Waals surface area (Å²) < 4.78 is 41.2. The fraction of sp³-hybridized carbons (Fsp3) is 0.333. The van der Waals surface area contributed by atoms with Crippen molar-refractivity contribution in [3.63, 3.8) is 0 Å². The zero-order valence-corrected chi connectivity index (χ0v) is 14.5. The number of ether oxygens (including phenoxy) is 2. The van der Waals surface area contributed by atoms with Crippen LogP contribution >= 0.6 is 0 Å². The molecule has 6 heteroatoms. The molecule has 0 aliphatic carbocycles. The molecule has 0 bridgehead atoms. The lowest BCUT2D eigenvalue weighted by molar-refractivity contribution is -0.00822. The molecular weight excluding hydrogens is 328 g/mol. The van der Waals surface area contributed by atoms with Crippen molar-refractivity contribution in [3.05, 3.63) is 54.1 Å². The Morgan fingerprint density at radius 3 is 2.46 bits per heavy atom. The van der Waals surface area contributed by atoms with Crippen LogP contribution < -0.4 is 9.47 Å². The standard InChI is InChI=1S/C18H20O5S/c1-14-7-9-15(10-8-14)24(19,20)22-12-11-18(2)13-21-16-5-3-4-6-17(16)23-18/h3-10H,11-13H2,1-2H3. The van der Waals surface area contributed by atoms with E-state index < -0.39 is 15.7 Å². The molecule has 1 atom stereocenters. The van der Waals surface area contributed by atoms with E-state index >= 15 is 0 Å². The summed E-state index contributed by atoms with van der Waals surface area (Å²) in [6, 6.07) is 14.0. The summed E-state index contributed by atoms with van der Waals surface area (Å²) in [5.74, 6) is 1.36. The molecule has 5 nitrogen and oxygen atoms in total. The van der Waals surface area contributed by atoms with E-state index in [1.807, 2.05) is 38.1 Å². The highest BCUT2D eigenvalue weighted by Gasteiger charge is 2.33. The molecule has 0 aromatic heterocycles. The van der Waals surface area contributed by atoms with Crippen LogP contribution in [0.1, 0.15) is 18.9 Å². The van der Waals surface area contributed by atoms with E-state index in [-0.39, 0.29) is 11.5 Å². The van der Waals surface area contributed by atoms with Gasteiger partial charge in [-0.1, -0.05) is 29.8 Å². The monoisotopic (exact) mass is 348 g/mol. The van der Waals surface area contributed by atoms with Crippen molar-refractivity contribution in [1.82, 2.24) is 0 Å². The van der Waals surface area contributed by atoms with E-state index in [9.17, 15) is 8.42 Å². The molecule has 0 amide bonds. The first kappa shape index (κ1) is 16.8. The van der Waals surface area contributed by atoms with Crippen LogP contribution in [0.2, 0.25) is 0 Å². The summed E-state index contributed by atoms with van der Waals surface area (Å²) in [4.78, 5) is 0.157. The molecule has 0 saturated carbocycles. The van der Waals surface area contributed by atoms with Gasteiger partial charge in [0, 0.05) is 6.42 Å². The first-order chi connectivity index (χ1) is 11.4. The van der Waals surface area contributed by atoms with Gasteiger partial charge < -0.3 is 9.47 Å². The zero-order valence-electron chi connectivity index (χ0n) is 13.7. The van der Waals surface area contributed by atoms with Crippen LogP contribution in [0.25, 0.3) is 0 Å². The molecule has 1 aliphatic rings. The Kier molecular flexibility index (Phi) is 4.51. The molecular formula is C18H20O5S. The molecule has 1 aliphatic heterocycles. The van der Waals surface area contributed by atoms with Gasteiger partial charge in [0.2, 0.25) is 0 Å². The number of hydrogen-bond donors (Lipinski definition) is 0. The van der Waals surface area contributed by atoms with Gasteiger partial charge in [-0.05, 0) is 38.1 Å². The van der Waals surface area contributed by atoms with Gasteiger partial charge in [-0.15, -0.1) is 0 Å². The lowest BCUT2D eigenvalue weighted by atomic mass is 10.0. The SMILES string of the molecule is Cc1ccc(S(=O)(=O)OCCC2(C)COc3ccccc3O2)cc1. The van der Waals surface area contributed by atoms with E-state index in [1.54, 1.807) is 24.3 Å². The Balaban J connectivity index is 1.61. The molecule has 128 valence electrons.